The van der Waals surface area contributed by atoms with Gasteiger partial charge in [0.25, 0.3) is 5.91 Å². The summed E-state index contributed by atoms with van der Waals surface area (Å²) < 4.78 is 7.40. The van der Waals surface area contributed by atoms with E-state index in [-0.39, 0.29) is 11.9 Å². The average molecular weight is 386 g/mol. The number of amides is 1. The summed E-state index contributed by atoms with van der Waals surface area (Å²) in [6.07, 6.45) is 5.44. The smallest absolute Gasteiger partial charge is 0.251 e. The molecule has 0 spiro atoms. The van der Waals surface area contributed by atoms with Crippen LogP contribution in [-0.2, 0) is 4.74 Å². The van der Waals surface area contributed by atoms with Crippen molar-refractivity contribution in [2.24, 2.45) is 0 Å². The molecule has 0 atom stereocenters. The van der Waals surface area contributed by atoms with E-state index >= 15 is 0 Å². The van der Waals surface area contributed by atoms with E-state index < -0.39 is 0 Å². The van der Waals surface area contributed by atoms with Crippen LogP contribution in [0.1, 0.15) is 23.2 Å². The SMILES string of the molecule is O=C(NC1CCOCC1)c1ccc2c(c1)ncn2-c1cccc(-c2ccc[nH]2)c1. The number of nitrogens with zero attached hydrogens (tertiary/aromatic N) is 2. The van der Waals surface area contributed by atoms with Crippen molar-refractivity contribution in [3.63, 3.8) is 0 Å². The van der Waals surface area contributed by atoms with E-state index in [1.807, 2.05) is 41.1 Å². The number of hydrogen-bond donors (Lipinski definition) is 2. The molecule has 0 bridgehead atoms. The number of fused-ring (bicyclic) bond motifs is 1. The second-order valence-corrected chi connectivity index (χ2v) is 7.31. The fourth-order valence-corrected chi connectivity index (χ4v) is 3.80. The number of aromatic amines is 1. The van der Waals surface area contributed by atoms with Gasteiger partial charge in [0.2, 0.25) is 0 Å². The first-order valence-corrected chi connectivity index (χ1v) is 9.88. The summed E-state index contributed by atoms with van der Waals surface area (Å²) >= 11 is 0. The second-order valence-electron chi connectivity index (χ2n) is 7.31. The fourth-order valence-electron chi connectivity index (χ4n) is 3.80. The zero-order valence-electron chi connectivity index (χ0n) is 16.0. The highest BCUT2D eigenvalue weighted by Crippen LogP contribution is 2.24. The van der Waals surface area contributed by atoms with Crippen molar-refractivity contribution in [3.05, 3.63) is 72.7 Å². The monoisotopic (exact) mass is 386 g/mol. The molecular weight excluding hydrogens is 364 g/mol. The van der Waals surface area contributed by atoms with Crippen LogP contribution >= 0.6 is 0 Å². The normalized spacial score (nSPS) is 14.9. The van der Waals surface area contributed by atoms with E-state index in [0.717, 1.165) is 40.8 Å². The van der Waals surface area contributed by atoms with Crippen LogP contribution in [0.5, 0.6) is 0 Å². The molecule has 1 fully saturated rings. The van der Waals surface area contributed by atoms with Gasteiger partial charge in [-0.1, -0.05) is 12.1 Å². The van der Waals surface area contributed by atoms with Crippen molar-refractivity contribution in [3.8, 4) is 16.9 Å². The van der Waals surface area contributed by atoms with Gasteiger partial charge in [-0.05, 0) is 60.9 Å². The Labute approximate surface area is 168 Å². The number of rotatable bonds is 4. The van der Waals surface area contributed by atoms with Gasteiger partial charge in [0.15, 0.2) is 0 Å². The van der Waals surface area contributed by atoms with E-state index in [1.54, 1.807) is 6.33 Å². The Bertz CT molecular complexity index is 1140. The Balaban J connectivity index is 1.42. The van der Waals surface area contributed by atoms with Crippen LogP contribution in [0.3, 0.4) is 0 Å². The van der Waals surface area contributed by atoms with Crippen molar-refractivity contribution in [1.82, 2.24) is 19.9 Å². The predicted octanol–water partition coefficient (Wildman–Crippen LogP) is 3.93. The number of aromatic nitrogens is 3. The lowest BCUT2D eigenvalue weighted by atomic mass is 10.1. The third-order valence-corrected chi connectivity index (χ3v) is 5.40. The van der Waals surface area contributed by atoms with Crippen molar-refractivity contribution >= 4 is 16.9 Å². The van der Waals surface area contributed by atoms with Gasteiger partial charge in [0.1, 0.15) is 6.33 Å². The third-order valence-electron chi connectivity index (χ3n) is 5.40. The average Bonchev–Trinajstić information content (AvgIpc) is 3.44. The first kappa shape index (κ1) is 17.7. The van der Waals surface area contributed by atoms with Crippen LogP contribution in [-0.4, -0.2) is 39.7 Å². The molecule has 0 unspecified atom stereocenters. The van der Waals surface area contributed by atoms with E-state index in [2.05, 4.69) is 39.6 Å². The first-order valence-electron chi connectivity index (χ1n) is 9.88. The molecule has 0 aliphatic carbocycles. The lowest BCUT2D eigenvalue weighted by Crippen LogP contribution is -2.38. The van der Waals surface area contributed by atoms with Crippen molar-refractivity contribution in [2.75, 3.05) is 13.2 Å². The number of benzene rings is 2. The summed E-state index contributed by atoms with van der Waals surface area (Å²) in [5, 5.41) is 3.10. The summed E-state index contributed by atoms with van der Waals surface area (Å²) in [4.78, 5) is 20.4. The van der Waals surface area contributed by atoms with E-state index in [4.69, 9.17) is 4.74 Å². The quantitative estimate of drug-likeness (QED) is 0.558. The molecule has 5 rings (SSSR count). The van der Waals surface area contributed by atoms with Crippen LogP contribution in [0.15, 0.2) is 67.1 Å². The number of carbonyl (C=O) groups is 1. The van der Waals surface area contributed by atoms with Gasteiger partial charge in [-0.15, -0.1) is 0 Å². The maximum atomic E-state index is 12.6. The molecule has 2 N–H and O–H groups in total. The minimum atomic E-state index is -0.0536. The topological polar surface area (TPSA) is 71.9 Å². The van der Waals surface area contributed by atoms with E-state index in [0.29, 0.717) is 18.8 Å². The van der Waals surface area contributed by atoms with Gasteiger partial charge < -0.3 is 15.0 Å². The Morgan fingerprint density at radius 3 is 2.83 bits per heavy atom. The Hall–Kier alpha value is -3.38. The number of hydrogen-bond acceptors (Lipinski definition) is 3. The zero-order valence-corrected chi connectivity index (χ0v) is 16.0. The van der Waals surface area contributed by atoms with Crippen LogP contribution in [0.2, 0.25) is 0 Å². The van der Waals surface area contributed by atoms with E-state index in [1.165, 1.54) is 0 Å². The number of imidazole rings is 1. The molecule has 6 nitrogen and oxygen atoms in total. The molecule has 1 aliphatic heterocycles. The Morgan fingerprint density at radius 1 is 1.10 bits per heavy atom. The maximum Gasteiger partial charge on any atom is 0.251 e. The van der Waals surface area contributed by atoms with Crippen LogP contribution in [0.4, 0.5) is 0 Å². The number of carbonyl (C=O) groups excluding carboxylic acids is 1. The highest BCUT2D eigenvalue weighted by atomic mass is 16.5. The summed E-state index contributed by atoms with van der Waals surface area (Å²) in [6, 6.07) is 18.2. The van der Waals surface area contributed by atoms with Crippen molar-refractivity contribution in [1.29, 1.82) is 0 Å². The third kappa shape index (κ3) is 3.54. The van der Waals surface area contributed by atoms with Gasteiger partial charge in [-0.2, -0.15) is 0 Å². The standard InChI is InChI=1S/C23H22N4O2/c28-23(26-18-8-11-29-12-9-18)17-6-7-22-21(14-17)25-15-27(22)19-4-1-3-16(13-19)20-5-2-10-24-20/h1-7,10,13-15,18,24H,8-9,11-12H2,(H,26,28). The fraction of sp³-hybridized carbons (Fsp3) is 0.217. The summed E-state index contributed by atoms with van der Waals surface area (Å²) in [5.74, 6) is -0.0536. The predicted molar refractivity (Wildman–Crippen MR) is 112 cm³/mol. The van der Waals surface area contributed by atoms with Gasteiger partial charge in [-0.3, -0.25) is 9.36 Å². The molecule has 3 heterocycles. The first-order chi connectivity index (χ1) is 14.3. The van der Waals surface area contributed by atoms with Crippen molar-refractivity contribution in [2.45, 2.75) is 18.9 Å². The molecular formula is C23H22N4O2. The molecule has 1 saturated heterocycles. The van der Waals surface area contributed by atoms with Gasteiger partial charge in [-0.25, -0.2) is 4.98 Å². The van der Waals surface area contributed by atoms with Crippen LogP contribution < -0.4 is 5.32 Å². The number of nitrogens with one attached hydrogen (secondary N) is 2. The number of H-pyrrole nitrogens is 1. The molecule has 29 heavy (non-hydrogen) atoms. The van der Waals surface area contributed by atoms with Crippen molar-refractivity contribution < 1.29 is 9.53 Å². The highest BCUT2D eigenvalue weighted by molar-refractivity contribution is 5.97. The Morgan fingerprint density at radius 2 is 2.00 bits per heavy atom. The summed E-state index contributed by atoms with van der Waals surface area (Å²) in [6.45, 7) is 1.41. The molecule has 146 valence electrons. The lowest BCUT2D eigenvalue weighted by Gasteiger charge is -2.23. The molecule has 1 aliphatic rings. The van der Waals surface area contributed by atoms with Crippen LogP contribution in [0, 0.1) is 0 Å². The maximum absolute atomic E-state index is 12.6. The summed E-state index contributed by atoms with van der Waals surface area (Å²) in [5.41, 5.74) is 5.62. The van der Waals surface area contributed by atoms with Crippen LogP contribution in [0.25, 0.3) is 28.0 Å². The molecule has 4 aromatic rings. The molecule has 2 aromatic carbocycles. The molecule has 0 saturated carbocycles. The minimum Gasteiger partial charge on any atom is -0.381 e. The van der Waals surface area contributed by atoms with E-state index in [9.17, 15) is 4.79 Å². The summed E-state index contributed by atoms with van der Waals surface area (Å²) in [7, 11) is 0. The zero-order chi connectivity index (χ0) is 19.6. The minimum absolute atomic E-state index is 0.0536. The molecule has 0 radical (unpaired) electrons. The van der Waals surface area contributed by atoms with Gasteiger partial charge >= 0.3 is 0 Å². The molecule has 2 aromatic heterocycles. The second kappa shape index (κ2) is 7.56. The highest BCUT2D eigenvalue weighted by Gasteiger charge is 2.18. The molecule has 6 heteroatoms. The van der Waals surface area contributed by atoms with Gasteiger partial charge in [0, 0.05) is 42.4 Å². The largest absolute Gasteiger partial charge is 0.381 e. The lowest BCUT2D eigenvalue weighted by molar-refractivity contribution is 0.0696. The molecule has 1 amide bonds. The number of ether oxygens (including phenoxy) is 1. The van der Waals surface area contributed by atoms with Gasteiger partial charge in [0.05, 0.1) is 11.0 Å². The Kier molecular flexibility index (Phi) is 4.62.